The van der Waals surface area contributed by atoms with E-state index in [9.17, 15) is 9.59 Å². The second-order valence-electron chi connectivity index (χ2n) is 4.76. The minimum Gasteiger partial charge on any atom is -0.345 e. The van der Waals surface area contributed by atoms with Crippen LogP contribution in [0.5, 0.6) is 0 Å². The van der Waals surface area contributed by atoms with Crippen molar-refractivity contribution in [3.8, 4) is 0 Å². The molecule has 1 unspecified atom stereocenters. The summed E-state index contributed by atoms with van der Waals surface area (Å²) in [7, 11) is 3.36. The molecule has 3 N–H and O–H groups in total. The fourth-order valence-electron chi connectivity index (χ4n) is 1.81. The number of hydrogen-bond acceptors (Lipinski definition) is 4. The van der Waals surface area contributed by atoms with E-state index < -0.39 is 6.04 Å². The highest BCUT2D eigenvalue weighted by Crippen LogP contribution is 2.19. The van der Waals surface area contributed by atoms with Gasteiger partial charge in [0.1, 0.15) is 6.04 Å². The molecule has 1 aromatic carbocycles. The Morgan fingerprint density at radius 3 is 2.62 bits per heavy atom. The average Bonchev–Trinajstić information content (AvgIpc) is 2.99. The van der Waals surface area contributed by atoms with Crippen LogP contribution >= 0.6 is 11.3 Å². The standard InChI is InChI=1S/C15H17N3O2S/c1-18(2)15(20)10-5-3-6-11(9-10)17-14(19)13(16)12-7-4-8-21-12/h3-9,13H,16H2,1-2H3,(H,17,19). The van der Waals surface area contributed by atoms with Gasteiger partial charge in [-0.05, 0) is 29.6 Å². The van der Waals surface area contributed by atoms with Crippen LogP contribution < -0.4 is 11.1 Å². The normalized spacial score (nSPS) is 11.8. The Morgan fingerprint density at radius 2 is 2.00 bits per heavy atom. The number of nitrogens with zero attached hydrogens (tertiary/aromatic N) is 1. The summed E-state index contributed by atoms with van der Waals surface area (Å²) in [4.78, 5) is 26.3. The maximum Gasteiger partial charge on any atom is 0.253 e. The van der Waals surface area contributed by atoms with Gasteiger partial charge in [0, 0.05) is 30.2 Å². The van der Waals surface area contributed by atoms with E-state index in [-0.39, 0.29) is 11.8 Å². The molecule has 0 saturated heterocycles. The van der Waals surface area contributed by atoms with Gasteiger partial charge in [-0.15, -0.1) is 11.3 Å². The molecule has 0 aliphatic heterocycles. The predicted molar refractivity (Wildman–Crippen MR) is 84.3 cm³/mol. The van der Waals surface area contributed by atoms with Crippen molar-refractivity contribution < 1.29 is 9.59 Å². The van der Waals surface area contributed by atoms with Crippen LogP contribution in [-0.2, 0) is 4.79 Å². The highest BCUT2D eigenvalue weighted by atomic mass is 32.1. The molecule has 1 heterocycles. The van der Waals surface area contributed by atoms with E-state index in [0.717, 1.165) is 4.88 Å². The predicted octanol–water partition coefficient (Wildman–Crippen LogP) is 2.09. The third-order valence-corrected chi connectivity index (χ3v) is 3.87. The number of amides is 2. The van der Waals surface area contributed by atoms with Crippen LogP contribution in [0.4, 0.5) is 5.69 Å². The Bertz CT molecular complexity index is 638. The number of carbonyl (C=O) groups excluding carboxylic acids is 2. The summed E-state index contributed by atoms with van der Waals surface area (Å²) >= 11 is 1.44. The number of thiophene rings is 1. The second kappa shape index (κ2) is 6.51. The summed E-state index contributed by atoms with van der Waals surface area (Å²) in [5.41, 5.74) is 6.97. The molecular weight excluding hydrogens is 286 g/mol. The SMILES string of the molecule is CN(C)C(=O)c1cccc(NC(=O)C(N)c2cccs2)c1. The highest BCUT2D eigenvalue weighted by Gasteiger charge is 2.17. The Labute approximate surface area is 127 Å². The summed E-state index contributed by atoms with van der Waals surface area (Å²) in [6.45, 7) is 0. The highest BCUT2D eigenvalue weighted by molar-refractivity contribution is 7.10. The van der Waals surface area contributed by atoms with E-state index in [0.29, 0.717) is 11.3 Å². The molecule has 0 aliphatic rings. The van der Waals surface area contributed by atoms with E-state index in [4.69, 9.17) is 5.73 Å². The smallest absolute Gasteiger partial charge is 0.253 e. The van der Waals surface area contributed by atoms with Gasteiger partial charge < -0.3 is 16.0 Å². The second-order valence-corrected chi connectivity index (χ2v) is 5.74. The minimum atomic E-state index is -0.710. The van der Waals surface area contributed by atoms with Crippen molar-refractivity contribution in [3.63, 3.8) is 0 Å². The minimum absolute atomic E-state index is 0.117. The number of benzene rings is 1. The van der Waals surface area contributed by atoms with Gasteiger partial charge in [-0.25, -0.2) is 0 Å². The van der Waals surface area contributed by atoms with Gasteiger partial charge in [0.15, 0.2) is 0 Å². The molecule has 2 aromatic rings. The Morgan fingerprint density at radius 1 is 1.24 bits per heavy atom. The molecule has 21 heavy (non-hydrogen) atoms. The molecule has 0 radical (unpaired) electrons. The van der Waals surface area contributed by atoms with Gasteiger partial charge in [0.05, 0.1) is 0 Å². The summed E-state index contributed by atoms with van der Waals surface area (Å²) in [5.74, 6) is -0.416. The third kappa shape index (κ3) is 3.68. The van der Waals surface area contributed by atoms with Crippen molar-refractivity contribution in [2.75, 3.05) is 19.4 Å². The lowest BCUT2D eigenvalue weighted by molar-refractivity contribution is -0.117. The first-order valence-electron chi connectivity index (χ1n) is 6.40. The molecule has 1 atom stereocenters. The van der Waals surface area contributed by atoms with Gasteiger partial charge in [-0.3, -0.25) is 9.59 Å². The Hall–Kier alpha value is -2.18. The molecular formula is C15H17N3O2S. The topological polar surface area (TPSA) is 75.4 Å². The largest absolute Gasteiger partial charge is 0.345 e. The fraction of sp³-hybridized carbons (Fsp3) is 0.200. The Balaban J connectivity index is 2.11. The molecule has 6 heteroatoms. The molecule has 1 aromatic heterocycles. The molecule has 2 rings (SSSR count). The first kappa shape index (κ1) is 15.2. The number of carbonyl (C=O) groups is 2. The average molecular weight is 303 g/mol. The molecule has 0 bridgehead atoms. The first-order valence-corrected chi connectivity index (χ1v) is 7.28. The summed E-state index contributed by atoms with van der Waals surface area (Å²) in [5, 5.41) is 4.61. The monoisotopic (exact) mass is 303 g/mol. The van der Waals surface area contributed by atoms with Gasteiger partial charge in [-0.2, -0.15) is 0 Å². The molecule has 2 amide bonds. The Kier molecular flexibility index (Phi) is 4.72. The molecule has 110 valence electrons. The summed E-state index contributed by atoms with van der Waals surface area (Å²) in [6.07, 6.45) is 0. The number of nitrogens with two attached hydrogens (primary N) is 1. The van der Waals surface area contributed by atoms with Gasteiger partial charge >= 0.3 is 0 Å². The van der Waals surface area contributed by atoms with E-state index in [2.05, 4.69) is 5.32 Å². The molecule has 0 fully saturated rings. The van der Waals surface area contributed by atoms with E-state index in [1.165, 1.54) is 16.2 Å². The zero-order chi connectivity index (χ0) is 15.4. The lowest BCUT2D eigenvalue weighted by atomic mass is 10.1. The van der Waals surface area contributed by atoms with Crippen LogP contribution in [0.3, 0.4) is 0 Å². The van der Waals surface area contributed by atoms with Crippen molar-refractivity contribution in [1.29, 1.82) is 0 Å². The van der Waals surface area contributed by atoms with Crippen molar-refractivity contribution in [2.24, 2.45) is 5.73 Å². The van der Waals surface area contributed by atoms with E-state index in [1.807, 2.05) is 17.5 Å². The number of nitrogens with one attached hydrogen (secondary N) is 1. The number of rotatable bonds is 4. The molecule has 5 nitrogen and oxygen atoms in total. The maximum atomic E-state index is 12.1. The fourth-order valence-corrected chi connectivity index (χ4v) is 2.53. The zero-order valence-electron chi connectivity index (χ0n) is 11.9. The van der Waals surface area contributed by atoms with Crippen LogP contribution in [0, 0.1) is 0 Å². The summed E-state index contributed by atoms with van der Waals surface area (Å²) in [6, 6.07) is 9.76. The van der Waals surface area contributed by atoms with Crippen LogP contribution in [0.15, 0.2) is 41.8 Å². The maximum absolute atomic E-state index is 12.1. The zero-order valence-corrected chi connectivity index (χ0v) is 12.7. The van der Waals surface area contributed by atoms with Gasteiger partial charge in [0.25, 0.3) is 5.91 Å². The van der Waals surface area contributed by atoms with Crippen molar-refractivity contribution in [3.05, 3.63) is 52.2 Å². The number of anilines is 1. The van der Waals surface area contributed by atoms with Crippen molar-refractivity contribution in [1.82, 2.24) is 4.90 Å². The molecule has 0 aliphatic carbocycles. The quantitative estimate of drug-likeness (QED) is 0.908. The van der Waals surface area contributed by atoms with Crippen LogP contribution in [0.2, 0.25) is 0 Å². The lowest BCUT2D eigenvalue weighted by Gasteiger charge is -2.13. The number of hydrogen-bond donors (Lipinski definition) is 2. The first-order chi connectivity index (χ1) is 9.99. The molecule has 0 saturated carbocycles. The van der Waals surface area contributed by atoms with E-state index in [1.54, 1.807) is 38.4 Å². The van der Waals surface area contributed by atoms with Crippen molar-refractivity contribution >= 4 is 28.8 Å². The molecule has 0 spiro atoms. The van der Waals surface area contributed by atoms with Crippen LogP contribution in [0.25, 0.3) is 0 Å². The summed E-state index contributed by atoms with van der Waals surface area (Å²) < 4.78 is 0. The van der Waals surface area contributed by atoms with Crippen LogP contribution in [0.1, 0.15) is 21.3 Å². The third-order valence-electron chi connectivity index (χ3n) is 2.92. The lowest BCUT2D eigenvalue weighted by Crippen LogP contribution is -2.27. The van der Waals surface area contributed by atoms with Crippen LogP contribution in [-0.4, -0.2) is 30.8 Å². The van der Waals surface area contributed by atoms with Gasteiger partial charge in [0.2, 0.25) is 5.91 Å². The van der Waals surface area contributed by atoms with E-state index >= 15 is 0 Å². The van der Waals surface area contributed by atoms with Crippen molar-refractivity contribution in [2.45, 2.75) is 6.04 Å². The van der Waals surface area contributed by atoms with Gasteiger partial charge in [-0.1, -0.05) is 12.1 Å².